The molecule has 4 N–H and O–H groups in total. The van der Waals surface area contributed by atoms with E-state index in [9.17, 15) is 19.5 Å². The maximum Gasteiger partial charge on any atom is 0.328 e. The number of para-hydroxylation sites is 1. The van der Waals surface area contributed by atoms with Gasteiger partial charge in [-0.15, -0.1) is 0 Å². The van der Waals surface area contributed by atoms with Crippen LogP contribution in [0.15, 0.2) is 66.7 Å². The van der Waals surface area contributed by atoms with E-state index in [1.165, 1.54) is 18.5 Å². The number of aliphatic hydroxyl groups excluding tert-OH is 1. The highest BCUT2D eigenvalue weighted by molar-refractivity contribution is 5.91. The summed E-state index contributed by atoms with van der Waals surface area (Å²) < 4.78 is 5.70. The fourth-order valence-electron chi connectivity index (χ4n) is 4.78. The van der Waals surface area contributed by atoms with E-state index in [2.05, 4.69) is 45.4 Å². The number of hydrogen-bond donors (Lipinski definition) is 4. The second kappa shape index (κ2) is 20.9. The van der Waals surface area contributed by atoms with E-state index in [0.29, 0.717) is 30.5 Å². The highest BCUT2D eigenvalue weighted by Gasteiger charge is 2.17. The van der Waals surface area contributed by atoms with Crippen LogP contribution in [0.3, 0.4) is 0 Å². The van der Waals surface area contributed by atoms with Gasteiger partial charge >= 0.3 is 11.9 Å². The highest BCUT2D eigenvalue weighted by Crippen LogP contribution is 2.21. The van der Waals surface area contributed by atoms with Crippen molar-refractivity contribution in [3.63, 3.8) is 0 Å². The number of carbonyl (C=O) groups excluding carboxylic acids is 1. The van der Waals surface area contributed by atoms with Crippen molar-refractivity contribution in [2.75, 3.05) is 62.2 Å². The van der Waals surface area contributed by atoms with Crippen LogP contribution < -0.4 is 19.9 Å². The SMILES string of the molecule is CC(=O)N(CCCCCCN1CCN(c2ccccc2)CC1)c1ccc(OC[C@@H](O)CNC(C)C)cc1.O=C(O)/C=C\C(=O)O. The Bertz CT molecular complexity index is 1150. The Labute approximate surface area is 267 Å². The van der Waals surface area contributed by atoms with Gasteiger partial charge in [-0.05, 0) is 55.8 Å². The standard InChI is InChI=1S/C30H46N4O3.C4H4O4/c1-25(2)31-23-29(36)24-37-30-15-13-28(14-16-30)34(26(3)35)18-10-5-4-9-17-32-19-21-33(22-20-32)27-11-7-6-8-12-27;5-3(6)1-2-4(7)8/h6-8,11-16,25,29,31,36H,4-5,9-10,17-24H2,1-3H3;1-2H,(H,5,6)(H,7,8)/b;2-1-/t29-;/m0./s1. The van der Waals surface area contributed by atoms with Gasteiger partial charge in [-0.25, -0.2) is 9.59 Å². The van der Waals surface area contributed by atoms with Gasteiger partial charge < -0.3 is 35.2 Å². The van der Waals surface area contributed by atoms with Crippen LogP contribution in [-0.4, -0.2) is 103 Å². The number of nitrogens with zero attached hydrogens (tertiary/aromatic N) is 3. The van der Waals surface area contributed by atoms with Crippen molar-refractivity contribution >= 4 is 29.2 Å². The van der Waals surface area contributed by atoms with Gasteiger partial charge in [0.25, 0.3) is 0 Å². The lowest BCUT2D eigenvalue weighted by molar-refractivity contribution is -0.134. The monoisotopic (exact) mass is 626 g/mol. The zero-order valence-corrected chi connectivity index (χ0v) is 26.8. The van der Waals surface area contributed by atoms with Crippen molar-refractivity contribution in [2.24, 2.45) is 0 Å². The molecule has 11 heteroatoms. The van der Waals surface area contributed by atoms with Crippen LogP contribution in [0.4, 0.5) is 11.4 Å². The minimum Gasteiger partial charge on any atom is -0.491 e. The molecule has 2 aromatic rings. The first-order chi connectivity index (χ1) is 21.5. The predicted octanol–water partition coefficient (Wildman–Crippen LogP) is 3.87. The Kier molecular flexibility index (Phi) is 17.3. The third-order valence-corrected chi connectivity index (χ3v) is 7.20. The number of carboxylic acids is 2. The number of aliphatic carboxylic acids is 2. The molecule has 11 nitrogen and oxygen atoms in total. The van der Waals surface area contributed by atoms with Gasteiger partial charge in [-0.2, -0.15) is 0 Å². The predicted molar refractivity (Wildman–Crippen MR) is 177 cm³/mol. The summed E-state index contributed by atoms with van der Waals surface area (Å²) in [6.45, 7) is 12.8. The van der Waals surface area contributed by atoms with Crippen LogP contribution in [0.25, 0.3) is 0 Å². The lowest BCUT2D eigenvalue weighted by Crippen LogP contribution is -2.46. The number of anilines is 2. The summed E-state index contributed by atoms with van der Waals surface area (Å²) in [6.07, 6.45) is 5.06. The molecule has 1 aliphatic rings. The van der Waals surface area contributed by atoms with Gasteiger partial charge in [-0.3, -0.25) is 9.69 Å². The number of nitrogens with one attached hydrogen (secondary N) is 1. The zero-order valence-electron chi connectivity index (χ0n) is 26.8. The lowest BCUT2D eigenvalue weighted by atomic mass is 10.1. The van der Waals surface area contributed by atoms with Crippen LogP contribution in [0.5, 0.6) is 5.75 Å². The second-order valence-corrected chi connectivity index (χ2v) is 11.3. The molecule has 1 amide bonds. The maximum atomic E-state index is 12.3. The zero-order chi connectivity index (χ0) is 33.0. The van der Waals surface area contributed by atoms with Gasteiger partial charge in [0.1, 0.15) is 18.5 Å². The molecule has 45 heavy (non-hydrogen) atoms. The smallest absolute Gasteiger partial charge is 0.328 e. The highest BCUT2D eigenvalue weighted by atomic mass is 16.5. The minimum atomic E-state index is -1.26. The normalized spacial score (nSPS) is 14.1. The third kappa shape index (κ3) is 16.1. The molecule has 248 valence electrons. The van der Waals surface area contributed by atoms with Crippen LogP contribution in [0.1, 0.15) is 46.5 Å². The molecule has 1 fully saturated rings. The molecule has 0 radical (unpaired) electrons. The average molecular weight is 627 g/mol. The van der Waals surface area contributed by atoms with Crippen LogP contribution >= 0.6 is 0 Å². The van der Waals surface area contributed by atoms with Crippen molar-refractivity contribution < 1.29 is 34.4 Å². The molecule has 0 saturated carbocycles. The molecule has 1 saturated heterocycles. The summed E-state index contributed by atoms with van der Waals surface area (Å²) >= 11 is 0. The Morgan fingerprint density at radius 3 is 2.04 bits per heavy atom. The number of carboxylic acid groups (broad SMARTS) is 2. The molecular weight excluding hydrogens is 576 g/mol. The number of carbonyl (C=O) groups is 3. The number of piperazine rings is 1. The van der Waals surface area contributed by atoms with E-state index in [1.807, 2.05) is 43.0 Å². The van der Waals surface area contributed by atoms with Crippen molar-refractivity contribution in [2.45, 2.75) is 58.6 Å². The van der Waals surface area contributed by atoms with Crippen LogP contribution in [-0.2, 0) is 14.4 Å². The largest absolute Gasteiger partial charge is 0.491 e. The lowest BCUT2D eigenvalue weighted by Gasteiger charge is -2.36. The van der Waals surface area contributed by atoms with Crippen LogP contribution in [0.2, 0.25) is 0 Å². The van der Waals surface area contributed by atoms with Crippen molar-refractivity contribution in [3.05, 3.63) is 66.7 Å². The second-order valence-electron chi connectivity index (χ2n) is 11.3. The van der Waals surface area contributed by atoms with Crippen molar-refractivity contribution in [1.82, 2.24) is 10.2 Å². The summed E-state index contributed by atoms with van der Waals surface area (Å²) in [5.41, 5.74) is 2.21. The van der Waals surface area contributed by atoms with E-state index >= 15 is 0 Å². The fourth-order valence-corrected chi connectivity index (χ4v) is 4.78. The van der Waals surface area contributed by atoms with E-state index < -0.39 is 18.0 Å². The van der Waals surface area contributed by atoms with E-state index in [-0.39, 0.29) is 12.5 Å². The molecule has 0 aromatic heterocycles. The Balaban J connectivity index is 0.000000777. The average Bonchev–Trinajstić information content (AvgIpc) is 3.02. The number of hydrogen-bond acceptors (Lipinski definition) is 8. The van der Waals surface area contributed by atoms with Gasteiger partial charge in [0.15, 0.2) is 0 Å². The molecule has 0 unspecified atom stereocenters. The summed E-state index contributed by atoms with van der Waals surface area (Å²) in [6, 6.07) is 18.6. The minimum absolute atomic E-state index is 0.0557. The number of amides is 1. The number of aliphatic hydroxyl groups is 1. The van der Waals surface area contributed by atoms with E-state index in [0.717, 1.165) is 57.8 Å². The summed E-state index contributed by atoms with van der Waals surface area (Å²) in [4.78, 5) is 38.3. The first-order valence-corrected chi connectivity index (χ1v) is 15.6. The van der Waals surface area contributed by atoms with Gasteiger partial charge in [0.05, 0.1) is 0 Å². The first kappa shape index (κ1) is 37.3. The quantitative estimate of drug-likeness (QED) is 0.151. The molecule has 0 aliphatic carbocycles. The summed E-state index contributed by atoms with van der Waals surface area (Å²) in [5, 5.41) is 28.8. The van der Waals surface area contributed by atoms with Crippen LogP contribution in [0, 0.1) is 0 Å². The topological polar surface area (TPSA) is 143 Å². The Morgan fingerprint density at radius 2 is 1.49 bits per heavy atom. The Hall–Kier alpha value is -3.93. The number of rotatable bonds is 17. The molecular formula is C34H50N4O7. The first-order valence-electron chi connectivity index (χ1n) is 15.6. The molecule has 1 aliphatic heterocycles. The van der Waals surface area contributed by atoms with Crippen molar-refractivity contribution in [3.8, 4) is 5.75 Å². The number of unbranched alkanes of at least 4 members (excludes halogenated alkanes) is 3. The van der Waals surface area contributed by atoms with Crippen molar-refractivity contribution in [1.29, 1.82) is 0 Å². The maximum absolute atomic E-state index is 12.3. The molecule has 2 aromatic carbocycles. The molecule has 0 bridgehead atoms. The van der Waals surface area contributed by atoms with Gasteiger partial charge in [-0.1, -0.05) is 44.9 Å². The fraction of sp³-hybridized carbons (Fsp3) is 0.500. The summed E-state index contributed by atoms with van der Waals surface area (Å²) in [7, 11) is 0. The molecule has 3 rings (SSSR count). The molecule has 1 heterocycles. The van der Waals surface area contributed by atoms with Gasteiger partial charge in [0, 0.05) is 75.8 Å². The molecule has 0 spiro atoms. The van der Waals surface area contributed by atoms with E-state index in [1.54, 1.807) is 6.92 Å². The van der Waals surface area contributed by atoms with Gasteiger partial charge in [0.2, 0.25) is 5.91 Å². The van der Waals surface area contributed by atoms with E-state index in [4.69, 9.17) is 14.9 Å². The molecule has 1 atom stereocenters. The third-order valence-electron chi connectivity index (χ3n) is 7.20. The number of benzene rings is 2. The number of ether oxygens (including phenoxy) is 1. The Morgan fingerprint density at radius 1 is 0.889 bits per heavy atom. The summed E-state index contributed by atoms with van der Waals surface area (Å²) in [5.74, 6) is -1.76.